The molecular formula is C16H22N4O. The van der Waals surface area contributed by atoms with Crippen LogP contribution < -0.4 is 10.1 Å². The molecule has 0 unspecified atom stereocenters. The SMILES string of the molecule is Cc1cn[nH]c1-c1ccc(OCCC2CCNCC2)cn1. The molecule has 21 heavy (non-hydrogen) atoms. The van der Waals surface area contributed by atoms with E-state index in [1.54, 1.807) is 12.4 Å². The van der Waals surface area contributed by atoms with E-state index >= 15 is 0 Å². The highest BCUT2D eigenvalue weighted by Crippen LogP contribution is 2.21. The minimum atomic E-state index is 0.773. The summed E-state index contributed by atoms with van der Waals surface area (Å²) >= 11 is 0. The summed E-state index contributed by atoms with van der Waals surface area (Å²) in [6.07, 6.45) is 7.25. The van der Waals surface area contributed by atoms with Gasteiger partial charge in [-0.25, -0.2) is 0 Å². The lowest BCUT2D eigenvalue weighted by atomic mass is 9.95. The van der Waals surface area contributed by atoms with Crippen LogP contribution in [0.25, 0.3) is 11.4 Å². The summed E-state index contributed by atoms with van der Waals surface area (Å²) in [6.45, 7) is 5.08. The second-order valence-electron chi connectivity index (χ2n) is 5.64. The molecule has 0 aromatic carbocycles. The van der Waals surface area contributed by atoms with Crippen LogP contribution in [0.1, 0.15) is 24.8 Å². The van der Waals surface area contributed by atoms with Crippen molar-refractivity contribution in [2.75, 3.05) is 19.7 Å². The van der Waals surface area contributed by atoms with Crippen LogP contribution in [0.2, 0.25) is 0 Å². The van der Waals surface area contributed by atoms with Gasteiger partial charge in [0.2, 0.25) is 0 Å². The van der Waals surface area contributed by atoms with Crippen LogP contribution in [-0.2, 0) is 0 Å². The van der Waals surface area contributed by atoms with Crippen LogP contribution >= 0.6 is 0 Å². The predicted molar refractivity (Wildman–Crippen MR) is 82.3 cm³/mol. The molecule has 2 aromatic heterocycles. The average molecular weight is 286 g/mol. The van der Waals surface area contributed by atoms with Gasteiger partial charge in [-0.05, 0) is 62.9 Å². The number of rotatable bonds is 5. The first-order valence-electron chi connectivity index (χ1n) is 7.63. The number of aromatic nitrogens is 3. The van der Waals surface area contributed by atoms with E-state index < -0.39 is 0 Å². The van der Waals surface area contributed by atoms with Crippen molar-refractivity contribution in [2.24, 2.45) is 5.92 Å². The lowest BCUT2D eigenvalue weighted by Gasteiger charge is -2.22. The molecule has 2 aromatic rings. The number of nitrogens with zero attached hydrogens (tertiary/aromatic N) is 2. The lowest BCUT2D eigenvalue weighted by molar-refractivity contribution is 0.251. The Morgan fingerprint density at radius 3 is 2.76 bits per heavy atom. The molecule has 0 radical (unpaired) electrons. The number of hydrogen-bond acceptors (Lipinski definition) is 4. The molecule has 0 saturated carbocycles. The Morgan fingerprint density at radius 1 is 1.24 bits per heavy atom. The lowest BCUT2D eigenvalue weighted by Crippen LogP contribution is -2.28. The fourth-order valence-corrected chi connectivity index (χ4v) is 2.73. The highest BCUT2D eigenvalue weighted by Gasteiger charge is 2.12. The van der Waals surface area contributed by atoms with Gasteiger partial charge in [0, 0.05) is 0 Å². The maximum absolute atomic E-state index is 5.80. The van der Waals surface area contributed by atoms with Crippen molar-refractivity contribution in [1.82, 2.24) is 20.5 Å². The summed E-state index contributed by atoms with van der Waals surface area (Å²) < 4.78 is 5.80. The third-order valence-corrected chi connectivity index (χ3v) is 4.07. The number of piperidine rings is 1. The summed E-state index contributed by atoms with van der Waals surface area (Å²) in [6, 6.07) is 3.95. The first-order chi connectivity index (χ1) is 10.3. The van der Waals surface area contributed by atoms with Gasteiger partial charge in [0.15, 0.2) is 0 Å². The van der Waals surface area contributed by atoms with E-state index in [2.05, 4.69) is 20.5 Å². The molecule has 0 amide bonds. The molecule has 0 atom stereocenters. The topological polar surface area (TPSA) is 62.8 Å². The number of aromatic amines is 1. The molecule has 0 aliphatic carbocycles. The Kier molecular flexibility index (Phi) is 4.50. The van der Waals surface area contributed by atoms with Gasteiger partial charge in [0.25, 0.3) is 0 Å². The number of hydrogen-bond donors (Lipinski definition) is 2. The quantitative estimate of drug-likeness (QED) is 0.886. The Balaban J connectivity index is 1.51. The van der Waals surface area contributed by atoms with Gasteiger partial charge in [-0.1, -0.05) is 0 Å². The number of ether oxygens (including phenoxy) is 1. The molecule has 3 rings (SSSR count). The number of nitrogens with one attached hydrogen (secondary N) is 2. The summed E-state index contributed by atoms with van der Waals surface area (Å²) in [4.78, 5) is 4.44. The molecule has 2 N–H and O–H groups in total. The van der Waals surface area contributed by atoms with Crippen LogP contribution in [0.3, 0.4) is 0 Å². The first kappa shape index (κ1) is 14.1. The van der Waals surface area contributed by atoms with Crippen molar-refractivity contribution < 1.29 is 4.74 Å². The fourth-order valence-electron chi connectivity index (χ4n) is 2.73. The summed E-state index contributed by atoms with van der Waals surface area (Å²) in [7, 11) is 0. The normalized spacial score (nSPS) is 16.0. The van der Waals surface area contributed by atoms with Crippen LogP contribution in [0.15, 0.2) is 24.5 Å². The smallest absolute Gasteiger partial charge is 0.137 e. The third-order valence-electron chi connectivity index (χ3n) is 4.07. The van der Waals surface area contributed by atoms with Gasteiger partial charge in [-0.2, -0.15) is 5.10 Å². The van der Waals surface area contributed by atoms with Crippen molar-refractivity contribution in [3.8, 4) is 17.1 Å². The van der Waals surface area contributed by atoms with Gasteiger partial charge >= 0.3 is 0 Å². The molecule has 1 aliphatic rings. The highest BCUT2D eigenvalue weighted by molar-refractivity contribution is 5.58. The zero-order valence-corrected chi connectivity index (χ0v) is 12.4. The van der Waals surface area contributed by atoms with Crippen molar-refractivity contribution in [1.29, 1.82) is 0 Å². The van der Waals surface area contributed by atoms with Crippen LogP contribution in [-0.4, -0.2) is 34.9 Å². The van der Waals surface area contributed by atoms with E-state index in [0.29, 0.717) is 0 Å². The second-order valence-corrected chi connectivity index (χ2v) is 5.64. The zero-order chi connectivity index (χ0) is 14.5. The van der Waals surface area contributed by atoms with Crippen LogP contribution in [0.5, 0.6) is 5.75 Å². The van der Waals surface area contributed by atoms with Gasteiger partial charge in [-0.15, -0.1) is 0 Å². The summed E-state index contributed by atoms with van der Waals surface area (Å²) in [5.74, 6) is 1.64. The van der Waals surface area contributed by atoms with Crippen molar-refractivity contribution in [3.05, 3.63) is 30.1 Å². The van der Waals surface area contributed by atoms with Gasteiger partial charge < -0.3 is 10.1 Å². The van der Waals surface area contributed by atoms with Crippen LogP contribution in [0, 0.1) is 12.8 Å². The standard InChI is InChI=1S/C16H22N4O/c1-12-10-19-20-16(12)15-3-2-14(11-18-15)21-9-6-13-4-7-17-8-5-13/h2-3,10-11,13,17H,4-9H2,1H3,(H,19,20). The van der Waals surface area contributed by atoms with E-state index in [4.69, 9.17) is 4.74 Å². The molecule has 0 spiro atoms. The minimum Gasteiger partial charge on any atom is -0.492 e. The van der Waals surface area contributed by atoms with Gasteiger partial charge in [0.1, 0.15) is 5.75 Å². The number of H-pyrrole nitrogens is 1. The predicted octanol–water partition coefficient (Wildman–Crippen LogP) is 2.55. The number of aryl methyl sites for hydroxylation is 1. The summed E-state index contributed by atoms with van der Waals surface area (Å²) in [5, 5.41) is 10.4. The maximum Gasteiger partial charge on any atom is 0.137 e. The van der Waals surface area contributed by atoms with Crippen LogP contribution in [0.4, 0.5) is 0 Å². The van der Waals surface area contributed by atoms with Crippen molar-refractivity contribution >= 4 is 0 Å². The summed E-state index contributed by atoms with van der Waals surface area (Å²) in [5.41, 5.74) is 2.97. The molecule has 112 valence electrons. The molecule has 1 saturated heterocycles. The minimum absolute atomic E-state index is 0.773. The molecule has 0 bridgehead atoms. The molecule has 1 fully saturated rings. The van der Waals surface area contributed by atoms with Gasteiger partial charge in [-0.3, -0.25) is 10.1 Å². The molecule has 1 aliphatic heterocycles. The fraction of sp³-hybridized carbons (Fsp3) is 0.500. The van der Waals surface area contributed by atoms with E-state index in [0.717, 1.165) is 54.7 Å². The maximum atomic E-state index is 5.80. The average Bonchev–Trinajstić information content (AvgIpc) is 2.95. The number of pyridine rings is 1. The van der Waals surface area contributed by atoms with Gasteiger partial charge in [0.05, 0.1) is 30.4 Å². The molecule has 5 nitrogen and oxygen atoms in total. The molecular weight excluding hydrogens is 264 g/mol. The Morgan fingerprint density at radius 2 is 2.10 bits per heavy atom. The molecule has 3 heterocycles. The largest absolute Gasteiger partial charge is 0.492 e. The highest BCUT2D eigenvalue weighted by atomic mass is 16.5. The van der Waals surface area contributed by atoms with Crippen molar-refractivity contribution in [2.45, 2.75) is 26.2 Å². The van der Waals surface area contributed by atoms with E-state index in [1.807, 2.05) is 19.1 Å². The van der Waals surface area contributed by atoms with E-state index in [1.165, 1.54) is 12.8 Å². The Labute approximate surface area is 125 Å². The third kappa shape index (κ3) is 3.61. The second kappa shape index (κ2) is 6.72. The van der Waals surface area contributed by atoms with E-state index in [-0.39, 0.29) is 0 Å². The Bertz CT molecular complexity index is 558. The molecule has 5 heteroatoms. The first-order valence-corrected chi connectivity index (χ1v) is 7.63. The monoisotopic (exact) mass is 286 g/mol. The van der Waals surface area contributed by atoms with E-state index in [9.17, 15) is 0 Å². The Hall–Kier alpha value is -1.88. The zero-order valence-electron chi connectivity index (χ0n) is 12.4. The van der Waals surface area contributed by atoms with Crippen molar-refractivity contribution in [3.63, 3.8) is 0 Å².